The van der Waals surface area contributed by atoms with Gasteiger partial charge in [0.2, 0.25) is 0 Å². The lowest BCUT2D eigenvalue weighted by Crippen LogP contribution is -2.29. The van der Waals surface area contributed by atoms with Crippen molar-refractivity contribution in [1.29, 1.82) is 0 Å². The molecule has 1 saturated carbocycles. The van der Waals surface area contributed by atoms with Crippen LogP contribution in [0.15, 0.2) is 12.1 Å². The van der Waals surface area contributed by atoms with Crippen molar-refractivity contribution in [2.45, 2.75) is 66.0 Å². The van der Waals surface area contributed by atoms with E-state index in [2.05, 4.69) is 50.0 Å². The summed E-state index contributed by atoms with van der Waals surface area (Å²) in [5.41, 5.74) is 2.59. The Morgan fingerprint density at radius 1 is 1.29 bits per heavy atom. The van der Waals surface area contributed by atoms with Gasteiger partial charge in [-0.2, -0.15) is 0 Å². The van der Waals surface area contributed by atoms with E-state index in [0.29, 0.717) is 5.92 Å². The molecule has 1 unspecified atom stereocenters. The Kier molecular flexibility index (Phi) is 6.04. The van der Waals surface area contributed by atoms with Gasteiger partial charge in [-0.05, 0) is 49.8 Å². The highest BCUT2D eigenvalue weighted by Gasteiger charge is 2.20. The van der Waals surface area contributed by atoms with Crippen LogP contribution >= 0.6 is 0 Å². The topological polar surface area (TPSA) is 28.2 Å². The van der Waals surface area contributed by atoms with Gasteiger partial charge in [0.05, 0.1) is 0 Å². The number of hydrogen-bond donors (Lipinski definition) is 1. The molecule has 1 fully saturated rings. The van der Waals surface area contributed by atoms with Gasteiger partial charge in [0.1, 0.15) is 5.82 Å². The van der Waals surface area contributed by atoms with Gasteiger partial charge < -0.3 is 10.2 Å². The Morgan fingerprint density at radius 2 is 2.05 bits per heavy atom. The number of anilines is 1. The molecule has 1 aliphatic rings. The molecule has 21 heavy (non-hydrogen) atoms. The molecule has 1 heterocycles. The van der Waals surface area contributed by atoms with Crippen molar-refractivity contribution in [3.63, 3.8) is 0 Å². The van der Waals surface area contributed by atoms with Gasteiger partial charge in [-0.1, -0.05) is 27.2 Å². The summed E-state index contributed by atoms with van der Waals surface area (Å²) in [6.07, 6.45) is 4.91. The average molecular weight is 289 g/mol. The van der Waals surface area contributed by atoms with Crippen LogP contribution in [0.3, 0.4) is 0 Å². The predicted octanol–water partition coefficient (Wildman–Crippen LogP) is 3.77. The van der Waals surface area contributed by atoms with Gasteiger partial charge in [0, 0.05) is 31.4 Å². The quantitative estimate of drug-likeness (QED) is 0.750. The van der Waals surface area contributed by atoms with Crippen molar-refractivity contribution >= 4 is 5.82 Å². The number of aromatic nitrogens is 1. The summed E-state index contributed by atoms with van der Waals surface area (Å²) in [7, 11) is 0. The molecule has 1 aliphatic carbocycles. The van der Waals surface area contributed by atoms with E-state index >= 15 is 0 Å². The number of rotatable bonds is 9. The normalized spacial score (nSPS) is 16.0. The van der Waals surface area contributed by atoms with E-state index in [0.717, 1.165) is 37.9 Å². The molecule has 118 valence electrons. The van der Waals surface area contributed by atoms with Crippen LogP contribution in [0.25, 0.3) is 0 Å². The molecule has 2 rings (SSSR count). The summed E-state index contributed by atoms with van der Waals surface area (Å²) in [6, 6.07) is 5.30. The number of nitrogens with zero attached hydrogens (tertiary/aromatic N) is 2. The summed E-state index contributed by atoms with van der Waals surface area (Å²) >= 11 is 0. The minimum Gasteiger partial charge on any atom is -0.357 e. The molecule has 0 spiro atoms. The van der Waals surface area contributed by atoms with Crippen molar-refractivity contribution in [3.8, 4) is 0 Å². The van der Waals surface area contributed by atoms with Gasteiger partial charge in [-0.3, -0.25) is 0 Å². The highest BCUT2D eigenvalue weighted by Crippen LogP contribution is 2.21. The van der Waals surface area contributed by atoms with Crippen LogP contribution in [-0.4, -0.2) is 24.1 Å². The maximum absolute atomic E-state index is 4.85. The fraction of sp³-hybridized carbons (Fsp3) is 0.722. The Morgan fingerprint density at radius 3 is 2.62 bits per heavy atom. The molecule has 1 aromatic heterocycles. The van der Waals surface area contributed by atoms with Crippen molar-refractivity contribution in [1.82, 2.24) is 10.3 Å². The van der Waals surface area contributed by atoms with Gasteiger partial charge in [-0.15, -0.1) is 0 Å². The SMILES string of the molecule is CCc1cc(CNC2CC2)cc(N(CC)CC(C)CC)n1. The van der Waals surface area contributed by atoms with Crippen LogP contribution in [0.5, 0.6) is 0 Å². The third kappa shape index (κ3) is 4.99. The van der Waals surface area contributed by atoms with Crippen LogP contribution in [0, 0.1) is 5.92 Å². The van der Waals surface area contributed by atoms with E-state index in [-0.39, 0.29) is 0 Å². The highest BCUT2D eigenvalue weighted by atomic mass is 15.2. The number of aryl methyl sites for hydroxylation is 1. The van der Waals surface area contributed by atoms with E-state index in [1.165, 1.54) is 30.5 Å². The van der Waals surface area contributed by atoms with Gasteiger partial charge >= 0.3 is 0 Å². The standard InChI is InChI=1S/C18H31N3/c1-5-14(4)13-21(7-3)18-11-15(10-16(6-2)20-18)12-19-17-8-9-17/h10-11,14,17,19H,5-9,12-13H2,1-4H3. The van der Waals surface area contributed by atoms with Crippen molar-refractivity contribution in [2.24, 2.45) is 5.92 Å². The van der Waals surface area contributed by atoms with Gasteiger partial charge in [0.25, 0.3) is 0 Å². The van der Waals surface area contributed by atoms with Crippen LogP contribution < -0.4 is 10.2 Å². The zero-order valence-electron chi connectivity index (χ0n) is 14.2. The summed E-state index contributed by atoms with van der Waals surface area (Å²) in [5, 5.41) is 3.61. The summed E-state index contributed by atoms with van der Waals surface area (Å²) < 4.78 is 0. The lowest BCUT2D eigenvalue weighted by molar-refractivity contribution is 0.545. The number of hydrogen-bond acceptors (Lipinski definition) is 3. The van der Waals surface area contributed by atoms with Crippen molar-refractivity contribution in [2.75, 3.05) is 18.0 Å². The maximum atomic E-state index is 4.85. The van der Waals surface area contributed by atoms with Gasteiger partial charge in [-0.25, -0.2) is 4.98 Å². The first-order chi connectivity index (χ1) is 10.2. The number of pyridine rings is 1. The largest absolute Gasteiger partial charge is 0.357 e. The van der Waals surface area contributed by atoms with E-state index < -0.39 is 0 Å². The fourth-order valence-corrected chi connectivity index (χ4v) is 2.52. The highest BCUT2D eigenvalue weighted by molar-refractivity contribution is 5.43. The monoisotopic (exact) mass is 289 g/mol. The minimum atomic E-state index is 0.713. The Bertz CT molecular complexity index is 440. The molecular formula is C18H31N3. The maximum Gasteiger partial charge on any atom is 0.129 e. The summed E-state index contributed by atoms with van der Waals surface area (Å²) in [5.74, 6) is 1.87. The lowest BCUT2D eigenvalue weighted by atomic mass is 10.1. The first kappa shape index (κ1) is 16.3. The molecule has 0 amide bonds. The second kappa shape index (κ2) is 7.79. The molecule has 3 nitrogen and oxygen atoms in total. The van der Waals surface area contributed by atoms with Gasteiger partial charge in [0.15, 0.2) is 0 Å². The lowest BCUT2D eigenvalue weighted by Gasteiger charge is -2.26. The number of nitrogens with one attached hydrogen (secondary N) is 1. The smallest absolute Gasteiger partial charge is 0.129 e. The molecule has 0 bridgehead atoms. The first-order valence-corrected chi connectivity index (χ1v) is 8.64. The Labute approximate surface area is 130 Å². The van der Waals surface area contributed by atoms with E-state index in [1.54, 1.807) is 0 Å². The molecule has 1 aromatic rings. The third-order valence-electron chi connectivity index (χ3n) is 4.39. The average Bonchev–Trinajstić information content (AvgIpc) is 3.34. The first-order valence-electron chi connectivity index (χ1n) is 8.64. The molecule has 0 radical (unpaired) electrons. The van der Waals surface area contributed by atoms with E-state index in [4.69, 9.17) is 4.98 Å². The zero-order chi connectivity index (χ0) is 15.2. The van der Waals surface area contributed by atoms with Crippen molar-refractivity contribution in [3.05, 3.63) is 23.4 Å². The third-order valence-corrected chi connectivity index (χ3v) is 4.39. The fourth-order valence-electron chi connectivity index (χ4n) is 2.52. The molecular weight excluding hydrogens is 258 g/mol. The second-order valence-electron chi connectivity index (χ2n) is 6.39. The van der Waals surface area contributed by atoms with E-state index in [9.17, 15) is 0 Å². The van der Waals surface area contributed by atoms with Crippen LogP contribution in [0.1, 0.15) is 58.2 Å². The molecule has 1 N–H and O–H groups in total. The second-order valence-corrected chi connectivity index (χ2v) is 6.39. The predicted molar refractivity (Wildman–Crippen MR) is 90.8 cm³/mol. The van der Waals surface area contributed by atoms with E-state index in [1.807, 2.05) is 0 Å². The Balaban J connectivity index is 2.12. The van der Waals surface area contributed by atoms with Crippen LogP contribution in [0.4, 0.5) is 5.82 Å². The Hall–Kier alpha value is -1.09. The molecule has 0 aliphatic heterocycles. The molecule has 1 atom stereocenters. The van der Waals surface area contributed by atoms with Crippen LogP contribution in [0.2, 0.25) is 0 Å². The molecule has 3 heteroatoms. The molecule has 0 saturated heterocycles. The summed E-state index contributed by atoms with van der Waals surface area (Å²) in [6.45, 7) is 12.1. The minimum absolute atomic E-state index is 0.713. The van der Waals surface area contributed by atoms with Crippen molar-refractivity contribution < 1.29 is 0 Å². The zero-order valence-corrected chi connectivity index (χ0v) is 14.2. The molecule has 0 aromatic carbocycles. The van der Waals surface area contributed by atoms with Crippen LogP contribution in [-0.2, 0) is 13.0 Å². The summed E-state index contributed by atoms with van der Waals surface area (Å²) in [4.78, 5) is 7.28.